The van der Waals surface area contributed by atoms with Gasteiger partial charge in [-0.05, 0) is 37.5 Å². The zero-order chi connectivity index (χ0) is 17.9. The Kier molecular flexibility index (Phi) is 9.71. The van der Waals surface area contributed by atoms with Crippen LogP contribution in [-0.4, -0.2) is 25.2 Å². The second-order valence-electron chi connectivity index (χ2n) is 4.86. The number of nitrogens with one attached hydrogen (secondary N) is 1. The minimum absolute atomic E-state index is 0.0603. The molecule has 2 nitrogen and oxygen atoms in total. The monoisotopic (exact) mass is 331 g/mol. The van der Waals surface area contributed by atoms with Crippen molar-refractivity contribution in [2.24, 2.45) is 5.92 Å². The highest BCUT2D eigenvalue weighted by molar-refractivity contribution is 6.04. The second kappa shape index (κ2) is 10.7. The molecule has 6 heteroatoms. The van der Waals surface area contributed by atoms with Gasteiger partial charge in [0.1, 0.15) is 6.67 Å². The number of terminal acetylenes is 1. The Balaban J connectivity index is 5.62. The van der Waals surface area contributed by atoms with Crippen molar-refractivity contribution in [3.8, 4) is 12.5 Å². The number of rotatable bonds is 9. The molecule has 0 bridgehead atoms. The maximum atomic E-state index is 12.5. The predicted molar refractivity (Wildman–Crippen MR) is 83.3 cm³/mol. The third kappa shape index (κ3) is 8.87. The van der Waals surface area contributed by atoms with Gasteiger partial charge in [-0.25, -0.2) is 4.39 Å². The van der Waals surface area contributed by atoms with Crippen LogP contribution in [0.4, 0.5) is 17.6 Å². The molecule has 128 valence electrons. The molecule has 1 unspecified atom stereocenters. The number of hydrogen-bond acceptors (Lipinski definition) is 2. The fraction of sp³-hybridized carbons (Fsp3) is 0.471. The van der Waals surface area contributed by atoms with Crippen LogP contribution in [0.3, 0.4) is 0 Å². The maximum Gasteiger partial charge on any atom is 0.389 e. The Morgan fingerprint density at radius 2 is 2.04 bits per heavy atom. The van der Waals surface area contributed by atoms with Crippen molar-refractivity contribution in [2.75, 3.05) is 13.2 Å². The van der Waals surface area contributed by atoms with Crippen LogP contribution in [0.1, 0.15) is 26.7 Å². The van der Waals surface area contributed by atoms with Gasteiger partial charge in [0.25, 0.3) is 0 Å². The van der Waals surface area contributed by atoms with Gasteiger partial charge in [-0.1, -0.05) is 24.7 Å². The summed E-state index contributed by atoms with van der Waals surface area (Å²) < 4.78 is 49.9. The van der Waals surface area contributed by atoms with Gasteiger partial charge in [0.15, 0.2) is 5.78 Å². The van der Waals surface area contributed by atoms with E-state index in [-0.39, 0.29) is 18.7 Å². The van der Waals surface area contributed by atoms with Crippen LogP contribution in [0, 0.1) is 18.4 Å². The molecular weight excluding hydrogens is 310 g/mol. The summed E-state index contributed by atoms with van der Waals surface area (Å²) in [5.74, 6) is -1.03. The summed E-state index contributed by atoms with van der Waals surface area (Å²) in [5, 5.41) is 2.56. The summed E-state index contributed by atoms with van der Waals surface area (Å²) in [6.07, 6.45) is 4.85. The first-order valence-corrected chi connectivity index (χ1v) is 7.11. The van der Waals surface area contributed by atoms with Crippen LogP contribution >= 0.6 is 0 Å². The Morgan fingerprint density at radius 3 is 2.52 bits per heavy atom. The van der Waals surface area contributed by atoms with Gasteiger partial charge in [0.05, 0.1) is 0 Å². The van der Waals surface area contributed by atoms with Crippen LogP contribution in [0.5, 0.6) is 0 Å². The first-order chi connectivity index (χ1) is 10.8. The van der Waals surface area contributed by atoms with Crippen LogP contribution < -0.4 is 5.32 Å². The van der Waals surface area contributed by atoms with Crippen LogP contribution in [-0.2, 0) is 4.79 Å². The quantitative estimate of drug-likeness (QED) is 0.226. The molecule has 0 heterocycles. The number of ketones is 1. The lowest BCUT2D eigenvalue weighted by Gasteiger charge is -2.20. The van der Waals surface area contributed by atoms with Crippen LogP contribution in [0.2, 0.25) is 0 Å². The lowest BCUT2D eigenvalue weighted by molar-refractivity contribution is -0.136. The average Bonchev–Trinajstić information content (AvgIpc) is 2.48. The third-order valence-corrected chi connectivity index (χ3v) is 3.19. The molecule has 0 aromatic heterocycles. The Hall–Kier alpha value is -2.03. The normalized spacial score (nSPS) is 14.7. The van der Waals surface area contributed by atoms with Gasteiger partial charge in [-0.3, -0.25) is 4.79 Å². The fourth-order valence-corrected chi connectivity index (χ4v) is 2.04. The van der Waals surface area contributed by atoms with Crippen molar-refractivity contribution in [3.63, 3.8) is 0 Å². The molecule has 0 spiro atoms. The van der Waals surface area contributed by atoms with Gasteiger partial charge >= 0.3 is 6.18 Å². The molecule has 0 aliphatic rings. The zero-order valence-corrected chi connectivity index (χ0v) is 13.2. The van der Waals surface area contributed by atoms with E-state index in [9.17, 15) is 22.4 Å². The van der Waals surface area contributed by atoms with Crippen LogP contribution in [0.15, 0.2) is 35.5 Å². The predicted octanol–water partition coefficient (Wildman–Crippen LogP) is 4.11. The van der Waals surface area contributed by atoms with Gasteiger partial charge in [0.2, 0.25) is 0 Å². The standard InChI is InChI=1S/C17H21F4NO/c1-4-7-16(23)13(3)15(12-22-5-2)14(8-6-11-18)9-10-17(19,20)21/h2,4,6-8,14,22H,9-12H2,1,3H3/b7-4-,8-6-,15-13+. The lowest BCUT2D eigenvalue weighted by Crippen LogP contribution is -2.21. The Morgan fingerprint density at radius 1 is 1.39 bits per heavy atom. The summed E-state index contributed by atoms with van der Waals surface area (Å²) in [4.78, 5) is 12.0. The summed E-state index contributed by atoms with van der Waals surface area (Å²) in [5.41, 5.74) is 0.738. The minimum atomic E-state index is -4.33. The number of carbonyl (C=O) groups is 1. The zero-order valence-electron chi connectivity index (χ0n) is 13.2. The van der Waals surface area contributed by atoms with E-state index in [0.717, 1.165) is 6.08 Å². The molecular formula is C17H21F4NO. The number of hydrogen-bond donors (Lipinski definition) is 1. The number of alkyl halides is 4. The highest BCUT2D eigenvalue weighted by atomic mass is 19.4. The first kappa shape index (κ1) is 21.0. The molecule has 0 aromatic carbocycles. The molecule has 23 heavy (non-hydrogen) atoms. The number of carbonyl (C=O) groups excluding carboxylic acids is 1. The topological polar surface area (TPSA) is 29.1 Å². The largest absolute Gasteiger partial charge is 0.389 e. The summed E-state index contributed by atoms with van der Waals surface area (Å²) in [6.45, 7) is 2.46. The lowest BCUT2D eigenvalue weighted by atomic mass is 9.88. The van der Waals surface area contributed by atoms with E-state index in [0.29, 0.717) is 11.1 Å². The highest BCUT2D eigenvalue weighted by Gasteiger charge is 2.29. The smallest absolute Gasteiger partial charge is 0.342 e. The second-order valence-corrected chi connectivity index (χ2v) is 4.86. The maximum absolute atomic E-state index is 12.5. The van der Waals surface area contributed by atoms with Crippen LogP contribution in [0.25, 0.3) is 0 Å². The molecule has 1 atom stereocenters. The fourth-order valence-electron chi connectivity index (χ4n) is 2.04. The van der Waals surface area contributed by atoms with E-state index in [1.165, 1.54) is 19.1 Å². The van der Waals surface area contributed by atoms with Gasteiger partial charge in [-0.2, -0.15) is 13.2 Å². The molecule has 0 saturated carbocycles. The highest BCUT2D eigenvalue weighted by Crippen LogP contribution is 2.29. The van der Waals surface area contributed by atoms with E-state index in [1.807, 2.05) is 0 Å². The van der Waals surface area contributed by atoms with Crippen molar-refractivity contribution in [2.45, 2.75) is 32.9 Å². The molecule has 0 radical (unpaired) electrons. The molecule has 0 saturated heterocycles. The molecule has 0 aromatic rings. The number of allylic oxidation sites excluding steroid dienone is 5. The SMILES string of the molecule is C#CNC/C(=C(/C)C(=O)/C=C\C)C(/C=C\CF)CCC(F)(F)F. The summed E-state index contributed by atoms with van der Waals surface area (Å²) in [7, 11) is 0. The van der Waals surface area contributed by atoms with Gasteiger partial charge in [0, 0.05) is 24.9 Å². The molecule has 1 N–H and O–H groups in total. The minimum Gasteiger partial charge on any atom is -0.342 e. The number of halogens is 4. The van der Waals surface area contributed by atoms with Crippen molar-refractivity contribution in [3.05, 3.63) is 35.5 Å². The van der Waals surface area contributed by atoms with E-state index < -0.39 is 25.2 Å². The third-order valence-electron chi connectivity index (χ3n) is 3.19. The van der Waals surface area contributed by atoms with E-state index >= 15 is 0 Å². The van der Waals surface area contributed by atoms with Crippen molar-refractivity contribution < 1.29 is 22.4 Å². The molecule has 0 aliphatic heterocycles. The Labute approximate surface area is 134 Å². The Bertz CT molecular complexity index is 510. The average molecular weight is 331 g/mol. The molecule has 0 rings (SSSR count). The van der Waals surface area contributed by atoms with Crippen molar-refractivity contribution >= 4 is 5.78 Å². The summed E-state index contributed by atoms with van der Waals surface area (Å²) in [6, 6.07) is 2.17. The van der Waals surface area contributed by atoms with Gasteiger partial charge < -0.3 is 5.32 Å². The van der Waals surface area contributed by atoms with Gasteiger partial charge in [-0.15, -0.1) is 0 Å². The van der Waals surface area contributed by atoms with E-state index in [4.69, 9.17) is 6.42 Å². The molecule has 0 amide bonds. The van der Waals surface area contributed by atoms with Crippen molar-refractivity contribution in [1.82, 2.24) is 5.32 Å². The van der Waals surface area contributed by atoms with Crippen molar-refractivity contribution in [1.29, 1.82) is 0 Å². The molecule has 0 fully saturated rings. The first-order valence-electron chi connectivity index (χ1n) is 7.11. The molecule has 0 aliphatic carbocycles. The summed E-state index contributed by atoms with van der Waals surface area (Å²) >= 11 is 0. The van der Waals surface area contributed by atoms with E-state index in [1.54, 1.807) is 13.0 Å². The van der Waals surface area contributed by atoms with E-state index in [2.05, 4.69) is 11.4 Å².